The van der Waals surface area contributed by atoms with Crippen LogP contribution in [-0.4, -0.2) is 25.5 Å². The van der Waals surface area contributed by atoms with Crippen molar-refractivity contribution in [1.82, 2.24) is 0 Å². The second-order valence-electron chi connectivity index (χ2n) is 4.90. The average Bonchev–Trinajstić information content (AvgIpc) is 2.57. The molecule has 1 fully saturated rings. The van der Waals surface area contributed by atoms with Gasteiger partial charge in [-0.2, -0.15) is 0 Å². The molecular weight excluding hydrogens is 339 g/mol. The molecule has 1 heterocycles. The van der Waals surface area contributed by atoms with E-state index < -0.39 is 0 Å². The van der Waals surface area contributed by atoms with Crippen LogP contribution in [0.5, 0.6) is 0 Å². The summed E-state index contributed by atoms with van der Waals surface area (Å²) in [7, 11) is 0. The van der Waals surface area contributed by atoms with E-state index in [4.69, 9.17) is 0 Å². The van der Waals surface area contributed by atoms with Gasteiger partial charge in [0, 0.05) is 9.26 Å². The van der Waals surface area contributed by atoms with Crippen LogP contribution in [-0.2, 0) is 4.79 Å². The van der Waals surface area contributed by atoms with Gasteiger partial charge in [0.25, 0.3) is 5.91 Å². The smallest absolute Gasteiger partial charge is 0.279 e. The minimum absolute atomic E-state index is 0.133. The van der Waals surface area contributed by atoms with Crippen molar-refractivity contribution in [2.75, 3.05) is 25.0 Å². The molecule has 18 heavy (non-hydrogen) atoms. The Morgan fingerprint density at radius 1 is 1.22 bits per heavy atom. The van der Waals surface area contributed by atoms with Gasteiger partial charge in [-0.15, -0.1) is 0 Å². The SMILES string of the molecule is O=C(C[NH+]1CCCCCC1)Nc1cccc(I)c1. The van der Waals surface area contributed by atoms with Crippen LogP contribution in [0.15, 0.2) is 24.3 Å². The van der Waals surface area contributed by atoms with E-state index in [9.17, 15) is 4.79 Å². The van der Waals surface area contributed by atoms with Crippen LogP contribution in [0, 0.1) is 3.57 Å². The molecule has 1 saturated heterocycles. The normalized spacial score (nSPS) is 17.2. The van der Waals surface area contributed by atoms with Crippen molar-refractivity contribution in [2.24, 2.45) is 0 Å². The van der Waals surface area contributed by atoms with Crippen LogP contribution in [0.4, 0.5) is 5.69 Å². The molecule has 0 bridgehead atoms. The van der Waals surface area contributed by atoms with Gasteiger partial charge in [-0.05, 0) is 66.5 Å². The van der Waals surface area contributed by atoms with Crippen molar-refractivity contribution >= 4 is 34.2 Å². The monoisotopic (exact) mass is 359 g/mol. The molecule has 1 amide bonds. The number of amides is 1. The van der Waals surface area contributed by atoms with Gasteiger partial charge in [0.2, 0.25) is 0 Å². The molecular formula is C14H20IN2O+. The van der Waals surface area contributed by atoms with Crippen molar-refractivity contribution in [3.05, 3.63) is 27.8 Å². The third-order valence-electron chi connectivity index (χ3n) is 3.33. The van der Waals surface area contributed by atoms with Crippen molar-refractivity contribution < 1.29 is 9.69 Å². The fraction of sp³-hybridized carbons (Fsp3) is 0.500. The summed E-state index contributed by atoms with van der Waals surface area (Å²) in [5.74, 6) is 0.133. The molecule has 1 aliphatic heterocycles. The molecule has 0 saturated carbocycles. The van der Waals surface area contributed by atoms with E-state index in [0.717, 1.165) is 22.3 Å². The number of carbonyl (C=O) groups is 1. The number of rotatable bonds is 3. The van der Waals surface area contributed by atoms with E-state index in [1.807, 2.05) is 24.3 Å². The van der Waals surface area contributed by atoms with Gasteiger partial charge in [-0.1, -0.05) is 6.07 Å². The molecule has 1 aromatic carbocycles. The average molecular weight is 359 g/mol. The molecule has 0 atom stereocenters. The summed E-state index contributed by atoms with van der Waals surface area (Å²) in [6.07, 6.45) is 5.15. The summed E-state index contributed by atoms with van der Waals surface area (Å²) < 4.78 is 1.15. The van der Waals surface area contributed by atoms with E-state index >= 15 is 0 Å². The first kappa shape index (κ1) is 13.8. The molecule has 1 aromatic rings. The van der Waals surface area contributed by atoms with Gasteiger partial charge in [0.05, 0.1) is 13.1 Å². The Morgan fingerprint density at radius 2 is 1.94 bits per heavy atom. The predicted molar refractivity (Wildman–Crippen MR) is 81.8 cm³/mol. The molecule has 0 aromatic heterocycles. The number of nitrogens with one attached hydrogen (secondary N) is 2. The lowest BCUT2D eigenvalue weighted by Crippen LogP contribution is -3.12. The van der Waals surface area contributed by atoms with Gasteiger partial charge in [0.1, 0.15) is 0 Å². The Balaban J connectivity index is 1.84. The van der Waals surface area contributed by atoms with Gasteiger partial charge < -0.3 is 10.2 Å². The maximum absolute atomic E-state index is 12.0. The van der Waals surface area contributed by atoms with Crippen LogP contribution >= 0.6 is 22.6 Å². The van der Waals surface area contributed by atoms with Gasteiger partial charge >= 0.3 is 0 Å². The highest BCUT2D eigenvalue weighted by molar-refractivity contribution is 14.1. The predicted octanol–water partition coefficient (Wildman–Crippen LogP) is 1.69. The molecule has 4 heteroatoms. The zero-order valence-corrected chi connectivity index (χ0v) is 12.7. The fourth-order valence-electron chi connectivity index (χ4n) is 2.40. The summed E-state index contributed by atoms with van der Waals surface area (Å²) in [5.41, 5.74) is 0.904. The number of hydrogen-bond acceptors (Lipinski definition) is 1. The Labute approximate surface area is 122 Å². The minimum Gasteiger partial charge on any atom is -0.327 e. The molecule has 98 valence electrons. The van der Waals surface area contributed by atoms with Gasteiger partial charge in [-0.3, -0.25) is 4.79 Å². The molecule has 0 unspecified atom stereocenters. The lowest BCUT2D eigenvalue weighted by atomic mass is 10.2. The fourth-order valence-corrected chi connectivity index (χ4v) is 2.95. The molecule has 2 N–H and O–H groups in total. The Hall–Kier alpha value is -0.620. The summed E-state index contributed by atoms with van der Waals surface area (Å²) in [4.78, 5) is 13.4. The van der Waals surface area contributed by atoms with Crippen molar-refractivity contribution in [1.29, 1.82) is 0 Å². The van der Waals surface area contributed by atoms with Crippen LogP contribution in [0.2, 0.25) is 0 Å². The van der Waals surface area contributed by atoms with E-state index in [-0.39, 0.29) is 5.91 Å². The lowest BCUT2D eigenvalue weighted by Gasteiger charge is -2.16. The number of halogens is 1. The van der Waals surface area contributed by atoms with Crippen molar-refractivity contribution in [3.8, 4) is 0 Å². The number of likely N-dealkylation sites (tertiary alicyclic amines) is 1. The van der Waals surface area contributed by atoms with Crippen molar-refractivity contribution in [3.63, 3.8) is 0 Å². The number of benzene rings is 1. The van der Waals surface area contributed by atoms with E-state index in [2.05, 4.69) is 27.9 Å². The van der Waals surface area contributed by atoms with Crippen LogP contribution < -0.4 is 10.2 Å². The first-order chi connectivity index (χ1) is 8.74. The second-order valence-corrected chi connectivity index (χ2v) is 6.15. The highest BCUT2D eigenvalue weighted by Gasteiger charge is 2.16. The topological polar surface area (TPSA) is 33.5 Å². The third-order valence-corrected chi connectivity index (χ3v) is 4.00. The van der Waals surface area contributed by atoms with E-state index in [1.165, 1.54) is 30.6 Å². The summed E-state index contributed by atoms with van der Waals surface area (Å²) >= 11 is 2.26. The largest absolute Gasteiger partial charge is 0.327 e. The number of quaternary nitrogens is 1. The molecule has 0 aliphatic carbocycles. The molecule has 0 spiro atoms. The molecule has 1 aliphatic rings. The molecule has 2 rings (SSSR count). The van der Waals surface area contributed by atoms with E-state index in [0.29, 0.717) is 6.54 Å². The summed E-state index contributed by atoms with van der Waals surface area (Å²) in [6.45, 7) is 2.88. The van der Waals surface area contributed by atoms with Crippen LogP contribution in [0.1, 0.15) is 25.7 Å². The molecule has 3 nitrogen and oxygen atoms in total. The zero-order valence-electron chi connectivity index (χ0n) is 10.5. The maximum atomic E-state index is 12.0. The maximum Gasteiger partial charge on any atom is 0.279 e. The first-order valence-corrected chi connectivity index (χ1v) is 7.71. The van der Waals surface area contributed by atoms with E-state index in [1.54, 1.807) is 0 Å². The highest BCUT2D eigenvalue weighted by Crippen LogP contribution is 2.11. The Bertz CT molecular complexity index is 401. The minimum atomic E-state index is 0.133. The van der Waals surface area contributed by atoms with Crippen LogP contribution in [0.25, 0.3) is 0 Å². The Kier molecular flexibility index (Phi) is 5.44. The summed E-state index contributed by atoms with van der Waals surface area (Å²) in [6, 6.07) is 7.93. The zero-order chi connectivity index (χ0) is 12.8. The first-order valence-electron chi connectivity index (χ1n) is 6.63. The standard InChI is InChI=1S/C14H19IN2O/c15-12-6-5-7-13(10-12)16-14(18)11-17-8-3-1-2-4-9-17/h5-7,10H,1-4,8-9,11H2,(H,16,18)/p+1. The number of carbonyl (C=O) groups excluding carboxylic acids is 1. The third kappa shape index (κ3) is 4.57. The van der Waals surface area contributed by atoms with Gasteiger partial charge in [0.15, 0.2) is 6.54 Å². The number of hydrogen-bond donors (Lipinski definition) is 2. The lowest BCUT2D eigenvalue weighted by molar-refractivity contribution is -0.890. The second kappa shape index (κ2) is 7.09. The highest BCUT2D eigenvalue weighted by atomic mass is 127. The Morgan fingerprint density at radius 3 is 2.61 bits per heavy atom. The van der Waals surface area contributed by atoms with Crippen LogP contribution in [0.3, 0.4) is 0 Å². The number of anilines is 1. The van der Waals surface area contributed by atoms with Crippen molar-refractivity contribution in [2.45, 2.75) is 25.7 Å². The molecule has 0 radical (unpaired) electrons. The summed E-state index contributed by atoms with van der Waals surface area (Å²) in [5, 5.41) is 2.99. The van der Waals surface area contributed by atoms with Gasteiger partial charge in [-0.25, -0.2) is 0 Å². The quantitative estimate of drug-likeness (QED) is 0.792.